The molecule has 3 nitrogen and oxygen atoms in total. The molecule has 2 aromatic rings. The van der Waals surface area contributed by atoms with Gasteiger partial charge in [-0.1, -0.05) is 29.3 Å². The molecule has 2 rings (SSSR count). The first-order valence-electron chi connectivity index (χ1n) is 4.84. The Morgan fingerprint density at radius 3 is 2.50 bits per heavy atom. The molecule has 0 atom stereocenters. The number of carboxylic acids is 1. The summed E-state index contributed by atoms with van der Waals surface area (Å²) in [5.41, 5.74) is 0.421. The van der Waals surface area contributed by atoms with Crippen molar-refractivity contribution in [1.29, 1.82) is 0 Å². The summed E-state index contributed by atoms with van der Waals surface area (Å²) in [4.78, 5) is 14.4. The quantitative estimate of drug-likeness (QED) is 0.852. The summed E-state index contributed by atoms with van der Waals surface area (Å²) in [5.74, 6) is -2.16. The number of aromatic nitrogens is 1. The van der Waals surface area contributed by atoms with Crippen molar-refractivity contribution in [2.75, 3.05) is 0 Å². The monoisotopic (exact) mass is 285 g/mol. The van der Waals surface area contributed by atoms with Gasteiger partial charge in [0.2, 0.25) is 5.95 Å². The average molecular weight is 286 g/mol. The lowest BCUT2D eigenvalue weighted by molar-refractivity contribution is 0.0690. The van der Waals surface area contributed by atoms with Crippen LogP contribution in [0, 0.1) is 5.95 Å². The van der Waals surface area contributed by atoms with Crippen molar-refractivity contribution in [2.45, 2.75) is 0 Å². The summed E-state index contributed by atoms with van der Waals surface area (Å²) >= 11 is 11.6. The van der Waals surface area contributed by atoms with Crippen LogP contribution in [0.15, 0.2) is 30.3 Å². The average Bonchev–Trinajstić information content (AvgIpc) is 2.32. The summed E-state index contributed by atoms with van der Waals surface area (Å²) in [7, 11) is 0. The maximum atomic E-state index is 12.9. The zero-order valence-electron chi connectivity index (χ0n) is 8.82. The summed E-state index contributed by atoms with van der Waals surface area (Å²) < 4.78 is 12.9. The molecule has 18 heavy (non-hydrogen) atoms. The van der Waals surface area contributed by atoms with Gasteiger partial charge in [0.05, 0.1) is 10.0 Å². The molecule has 1 aromatic heterocycles. The molecule has 92 valence electrons. The van der Waals surface area contributed by atoms with Crippen molar-refractivity contribution in [3.05, 3.63) is 52.0 Å². The highest BCUT2D eigenvalue weighted by atomic mass is 35.5. The van der Waals surface area contributed by atoms with E-state index in [1.807, 2.05) is 0 Å². The van der Waals surface area contributed by atoms with Crippen LogP contribution >= 0.6 is 23.2 Å². The second kappa shape index (κ2) is 4.92. The van der Waals surface area contributed by atoms with E-state index in [4.69, 9.17) is 28.3 Å². The van der Waals surface area contributed by atoms with E-state index >= 15 is 0 Å². The highest BCUT2D eigenvalue weighted by molar-refractivity contribution is 6.42. The van der Waals surface area contributed by atoms with Crippen LogP contribution in [0.4, 0.5) is 4.39 Å². The van der Waals surface area contributed by atoms with E-state index < -0.39 is 11.9 Å². The van der Waals surface area contributed by atoms with Gasteiger partial charge in [0.15, 0.2) is 5.69 Å². The van der Waals surface area contributed by atoms with Crippen LogP contribution in [-0.2, 0) is 0 Å². The fourth-order valence-corrected chi connectivity index (χ4v) is 1.79. The van der Waals surface area contributed by atoms with Crippen molar-refractivity contribution >= 4 is 29.2 Å². The third-order valence-corrected chi connectivity index (χ3v) is 3.03. The molecule has 0 saturated carbocycles. The van der Waals surface area contributed by atoms with Gasteiger partial charge in [-0.2, -0.15) is 4.39 Å². The normalized spacial score (nSPS) is 10.4. The highest BCUT2D eigenvalue weighted by Crippen LogP contribution is 2.30. The minimum absolute atomic E-state index is 0.280. The zero-order chi connectivity index (χ0) is 13.3. The van der Waals surface area contributed by atoms with Gasteiger partial charge in [0, 0.05) is 5.56 Å². The number of carbonyl (C=O) groups is 1. The van der Waals surface area contributed by atoms with Crippen LogP contribution in [0.1, 0.15) is 10.5 Å². The van der Waals surface area contributed by atoms with Crippen molar-refractivity contribution in [3.8, 4) is 11.1 Å². The largest absolute Gasteiger partial charge is 0.476 e. The van der Waals surface area contributed by atoms with Crippen LogP contribution < -0.4 is 0 Å². The van der Waals surface area contributed by atoms with E-state index in [-0.39, 0.29) is 16.3 Å². The smallest absolute Gasteiger partial charge is 0.355 e. The molecule has 0 unspecified atom stereocenters. The Morgan fingerprint density at radius 1 is 1.17 bits per heavy atom. The third-order valence-electron chi connectivity index (χ3n) is 2.29. The summed E-state index contributed by atoms with van der Waals surface area (Å²) in [5, 5.41) is 9.63. The van der Waals surface area contributed by atoms with Gasteiger partial charge in [-0.15, -0.1) is 0 Å². The molecule has 0 saturated heterocycles. The molecule has 1 heterocycles. The Balaban J connectivity index is 2.63. The van der Waals surface area contributed by atoms with E-state index in [1.54, 1.807) is 6.07 Å². The number of carboxylic acid groups (broad SMARTS) is 1. The van der Waals surface area contributed by atoms with E-state index in [9.17, 15) is 9.18 Å². The molecule has 0 radical (unpaired) electrons. The van der Waals surface area contributed by atoms with Gasteiger partial charge in [0.25, 0.3) is 0 Å². The molecule has 1 aromatic carbocycles. The van der Waals surface area contributed by atoms with E-state index in [1.165, 1.54) is 18.2 Å². The number of benzene rings is 1. The zero-order valence-corrected chi connectivity index (χ0v) is 10.3. The number of pyridine rings is 1. The number of nitrogens with zero attached hydrogens (tertiary/aromatic N) is 1. The SMILES string of the molecule is O=C(O)c1nc(F)ccc1-c1ccc(Cl)c(Cl)c1. The molecular weight excluding hydrogens is 280 g/mol. The van der Waals surface area contributed by atoms with E-state index in [0.717, 1.165) is 6.07 Å². The van der Waals surface area contributed by atoms with Crippen molar-refractivity contribution in [1.82, 2.24) is 4.98 Å². The van der Waals surface area contributed by atoms with Crippen LogP contribution in [0.5, 0.6) is 0 Å². The fourth-order valence-electron chi connectivity index (χ4n) is 1.49. The van der Waals surface area contributed by atoms with Gasteiger partial charge in [-0.25, -0.2) is 9.78 Å². The molecule has 0 amide bonds. The van der Waals surface area contributed by atoms with Crippen molar-refractivity contribution in [3.63, 3.8) is 0 Å². The minimum atomic E-state index is -1.31. The summed E-state index contributed by atoms with van der Waals surface area (Å²) in [6.07, 6.45) is 0. The Labute approximate surface area is 112 Å². The van der Waals surface area contributed by atoms with E-state index in [0.29, 0.717) is 10.6 Å². The number of halogens is 3. The van der Waals surface area contributed by atoms with Crippen LogP contribution in [0.2, 0.25) is 10.0 Å². The van der Waals surface area contributed by atoms with E-state index in [2.05, 4.69) is 4.98 Å². The predicted octanol–water partition coefficient (Wildman–Crippen LogP) is 3.89. The summed E-state index contributed by atoms with van der Waals surface area (Å²) in [6, 6.07) is 7.06. The fraction of sp³-hybridized carbons (Fsp3) is 0. The van der Waals surface area contributed by atoms with Gasteiger partial charge < -0.3 is 5.11 Å². The number of aromatic carboxylic acids is 1. The molecule has 0 bridgehead atoms. The second-order valence-electron chi connectivity index (χ2n) is 3.46. The predicted molar refractivity (Wildman–Crippen MR) is 66.6 cm³/mol. The maximum Gasteiger partial charge on any atom is 0.355 e. The lowest BCUT2D eigenvalue weighted by Gasteiger charge is -2.06. The van der Waals surface area contributed by atoms with Crippen LogP contribution in [0.3, 0.4) is 0 Å². The van der Waals surface area contributed by atoms with Crippen molar-refractivity contribution < 1.29 is 14.3 Å². The molecule has 6 heteroatoms. The standard InChI is InChI=1S/C12H6Cl2FNO2/c13-8-3-1-6(5-9(8)14)7-2-4-10(15)16-11(7)12(17)18/h1-5H,(H,17,18). The number of hydrogen-bond acceptors (Lipinski definition) is 2. The Morgan fingerprint density at radius 2 is 1.89 bits per heavy atom. The topological polar surface area (TPSA) is 50.2 Å². The molecular formula is C12H6Cl2FNO2. The Hall–Kier alpha value is -1.65. The molecule has 0 aliphatic rings. The second-order valence-corrected chi connectivity index (χ2v) is 4.28. The van der Waals surface area contributed by atoms with Gasteiger partial charge >= 0.3 is 5.97 Å². The van der Waals surface area contributed by atoms with Crippen molar-refractivity contribution in [2.24, 2.45) is 0 Å². The Kier molecular flexibility index (Phi) is 3.50. The lowest BCUT2D eigenvalue weighted by atomic mass is 10.0. The van der Waals surface area contributed by atoms with Gasteiger partial charge in [-0.05, 0) is 29.8 Å². The number of hydrogen-bond donors (Lipinski definition) is 1. The van der Waals surface area contributed by atoms with Crippen LogP contribution in [0.25, 0.3) is 11.1 Å². The molecule has 0 spiro atoms. The van der Waals surface area contributed by atoms with Gasteiger partial charge in [0.1, 0.15) is 0 Å². The highest BCUT2D eigenvalue weighted by Gasteiger charge is 2.15. The number of rotatable bonds is 2. The van der Waals surface area contributed by atoms with Gasteiger partial charge in [-0.3, -0.25) is 0 Å². The first kappa shape index (κ1) is 12.8. The summed E-state index contributed by atoms with van der Waals surface area (Å²) in [6.45, 7) is 0. The maximum absolute atomic E-state index is 12.9. The van der Waals surface area contributed by atoms with Crippen LogP contribution in [-0.4, -0.2) is 16.1 Å². The first-order valence-corrected chi connectivity index (χ1v) is 5.60. The molecule has 0 aliphatic carbocycles. The molecule has 0 aliphatic heterocycles. The molecule has 0 fully saturated rings. The molecule has 1 N–H and O–H groups in total. The lowest BCUT2D eigenvalue weighted by Crippen LogP contribution is -2.04. The minimum Gasteiger partial charge on any atom is -0.476 e. The third kappa shape index (κ3) is 2.44. The Bertz CT molecular complexity index is 631. The first-order chi connectivity index (χ1) is 8.49.